The fourth-order valence-corrected chi connectivity index (χ4v) is 5.45. The zero-order chi connectivity index (χ0) is 30.3. The Bertz CT molecular complexity index is 481. The zero-order valence-corrected chi connectivity index (χ0v) is 31.4. The molecule has 0 bridgehead atoms. The van der Waals surface area contributed by atoms with E-state index >= 15 is 0 Å². The summed E-state index contributed by atoms with van der Waals surface area (Å²) in [5, 5.41) is 19.8. The lowest BCUT2D eigenvalue weighted by Crippen LogP contribution is -3.07. The maximum Gasteiger partial charge on any atom is 0.105 e. The first-order valence-electron chi connectivity index (χ1n) is 18.2. The van der Waals surface area contributed by atoms with Crippen LogP contribution in [-0.2, 0) is 0 Å². The predicted molar refractivity (Wildman–Crippen MR) is 179 cm³/mol. The highest BCUT2D eigenvalue weighted by molar-refractivity contribution is 4.56. The highest BCUT2D eigenvalue weighted by atomic mass is 35.5. The van der Waals surface area contributed by atoms with E-state index in [0.29, 0.717) is 0 Å². The summed E-state index contributed by atoms with van der Waals surface area (Å²) in [6.07, 6.45) is 32.1. The molecule has 0 aliphatic heterocycles. The molecule has 0 aromatic rings. The van der Waals surface area contributed by atoms with Crippen LogP contribution in [-0.4, -0.2) is 74.7 Å². The largest absolute Gasteiger partial charge is 1.00 e. The van der Waals surface area contributed by atoms with Gasteiger partial charge >= 0.3 is 0 Å². The van der Waals surface area contributed by atoms with E-state index in [1.165, 1.54) is 146 Å². The van der Waals surface area contributed by atoms with Crippen LogP contribution < -0.4 is 29.7 Å². The normalized spacial score (nSPS) is 12.7. The van der Waals surface area contributed by atoms with Crippen LogP contribution in [0.4, 0.5) is 0 Å². The minimum Gasteiger partial charge on any atom is -1.00 e. The molecule has 0 saturated heterocycles. The van der Waals surface area contributed by atoms with Crippen molar-refractivity contribution in [2.45, 2.75) is 187 Å². The lowest BCUT2D eigenvalue weighted by atomic mass is 10.0. The molecule has 0 aromatic heterocycles. The Kier molecular flexibility index (Phi) is 44.1. The predicted octanol–water partition coefficient (Wildman–Crippen LogP) is 2.35. The van der Waals surface area contributed by atoms with Crippen molar-refractivity contribution in [3.63, 3.8) is 0 Å². The van der Waals surface area contributed by atoms with E-state index in [2.05, 4.69) is 49.0 Å². The SMILES string of the molecule is CCCCCCCCCCCCCC(O)C[N+](C)(C)CC.CCCCCCCCCCCCCC(O)C[NH+](C)C.[Cl-].[Cl-]. The van der Waals surface area contributed by atoms with Crippen molar-refractivity contribution in [2.24, 2.45) is 0 Å². The quantitative estimate of drug-likeness (QED) is 0.0867. The molecule has 0 rings (SSSR count). The number of likely N-dealkylation sites (N-methyl/N-ethyl adjacent to an activating group) is 2. The fourth-order valence-electron chi connectivity index (χ4n) is 5.45. The molecule has 260 valence electrons. The molecule has 2 unspecified atom stereocenters. The minimum atomic E-state index is -0.112. The molecule has 0 fully saturated rings. The van der Waals surface area contributed by atoms with Crippen LogP contribution in [0, 0.1) is 0 Å². The number of nitrogens with one attached hydrogen (secondary N) is 1. The van der Waals surface area contributed by atoms with Crippen LogP contribution in [0.5, 0.6) is 0 Å². The van der Waals surface area contributed by atoms with E-state index < -0.39 is 0 Å². The highest BCUT2D eigenvalue weighted by Gasteiger charge is 2.17. The van der Waals surface area contributed by atoms with Crippen LogP contribution in [0.3, 0.4) is 0 Å². The Morgan fingerprint density at radius 2 is 0.762 bits per heavy atom. The standard InChI is InChI=1S/C19H42NO.C17H37NO.2ClH/c1-5-7-8-9-10-11-12-13-14-15-16-17-19(21)18-20(3,4)6-2;1-4-5-6-7-8-9-10-11-12-13-14-15-17(19)16-18(2)3;;/h19,21H,5-18H2,1-4H3;17,19H,4-16H2,1-3H3;2*1H/q+1;;;/p-1. The molecule has 4 nitrogen and oxygen atoms in total. The maximum absolute atomic E-state index is 10.0. The average molecular weight is 644 g/mol. The van der Waals surface area contributed by atoms with E-state index in [1.54, 1.807) is 0 Å². The average Bonchev–Trinajstić information content (AvgIpc) is 2.90. The van der Waals surface area contributed by atoms with Crippen molar-refractivity contribution in [1.82, 2.24) is 0 Å². The highest BCUT2D eigenvalue weighted by Crippen LogP contribution is 2.14. The van der Waals surface area contributed by atoms with Crippen molar-refractivity contribution in [3.8, 4) is 0 Å². The van der Waals surface area contributed by atoms with Gasteiger partial charge < -0.3 is 44.4 Å². The molecular weight excluding hydrogens is 563 g/mol. The van der Waals surface area contributed by atoms with Gasteiger partial charge in [0.1, 0.15) is 25.3 Å². The number of quaternary nitrogens is 2. The van der Waals surface area contributed by atoms with Gasteiger partial charge in [0, 0.05) is 0 Å². The van der Waals surface area contributed by atoms with Gasteiger partial charge in [0.15, 0.2) is 0 Å². The van der Waals surface area contributed by atoms with Crippen LogP contribution in [0.2, 0.25) is 0 Å². The number of rotatable bonds is 29. The molecule has 0 amide bonds. The van der Waals surface area contributed by atoms with E-state index in [1.807, 2.05) is 0 Å². The molecule has 0 aromatic carbocycles. The van der Waals surface area contributed by atoms with Crippen LogP contribution >= 0.6 is 0 Å². The van der Waals surface area contributed by atoms with Crippen molar-refractivity contribution in [1.29, 1.82) is 0 Å². The second kappa shape index (κ2) is 37.6. The van der Waals surface area contributed by atoms with Crippen LogP contribution in [0.1, 0.15) is 175 Å². The second-order valence-electron chi connectivity index (χ2n) is 13.8. The van der Waals surface area contributed by atoms with Gasteiger partial charge in [-0.15, -0.1) is 0 Å². The molecule has 0 radical (unpaired) electrons. The number of halogens is 2. The van der Waals surface area contributed by atoms with Gasteiger partial charge in [-0.25, -0.2) is 0 Å². The van der Waals surface area contributed by atoms with Gasteiger partial charge in [-0.2, -0.15) is 0 Å². The number of aliphatic hydroxyl groups is 2. The molecule has 0 saturated carbocycles. The summed E-state index contributed by atoms with van der Waals surface area (Å²) in [6, 6.07) is 0. The van der Waals surface area contributed by atoms with E-state index in [0.717, 1.165) is 37.0 Å². The molecule has 6 heteroatoms. The third-order valence-corrected chi connectivity index (χ3v) is 8.49. The molecule has 2 atom stereocenters. The van der Waals surface area contributed by atoms with Gasteiger partial charge in [-0.05, 0) is 19.8 Å². The molecule has 0 aliphatic carbocycles. The van der Waals surface area contributed by atoms with Crippen LogP contribution in [0.25, 0.3) is 0 Å². The number of nitrogens with zero attached hydrogens (tertiary/aromatic N) is 1. The van der Waals surface area contributed by atoms with Crippen molar-refractivity contribution in [3.05, 3.63) is 0 Å². The monoisotopic (exact) mass is 643 g/mol. The summed E-state index contributed by atoms with van der Waals surface area (Å²) >= 11 is 0. The topological polar surface area (TPSA) is 44.9 Å². The van der Waals surface area contributed by atoms with Gasteiger partial charge in [-0.1, -0.05) is 155 Å². The first kappa shape index (κ1) is 49.3. The third kappa shape index (κ3) is 42.6. The molecule has 3 N–H and O–H groups in total. The summed E-state index contributed by atoms with van der Waals surface area (Å²) < 4.78 is 0.930. The lowest BCUT2D eigenvalue weighted by Gasteiger charge is -2.30. The summed E-state index contributed by atoms with van der Waals surface area (Å²) in [6.45, 7) is 9.62. The number of aliphatic hydroxyl groups excluding tert-OH is 2. The Morgan fingerprint density at radius 1 is 0.476 bits per heavy atom. The second-order valence-corrected chi connectivity index (χ2v) is 13.8. The number of unbranched alkanes of at least 4 members (excludes halogenated alkanes) is 20. The zero-order valence-electron chi connectivity index (χ0n) is 29.8. The van der Waals surface area contributed by atoms with Gasteiger partial charge in [0.2, 0.25) is 0 Å². The summed E-state index contributed by atoms with van der Waals surface area (Å²) in [7, 11) is 8.60. The molecule has 42 heavy (non-hydrogen) atoms. The summed E-state index contributed by atoms with van der Waals surface area (Å²) in [5.74, 6) is 0. The minimum absolute atomic E-state index is 0. The Balaban J connectivity index is -0.000000330. The van der Waals surface area contributed by atoms with E-state index in [4.69, 9.17) is 0 Å². The number of hydrogen-bond acceptors (Lipinski definition) is 2. The Labute approximate surface area is 278 Å². The van der Waals surface area contributed by atoms with E-state index in [9.17, 15) is 10.2 Å². The van der Waals surface area contributed by atoms with Gasteiger partial charge in [0.25, 0.3) is 0 Å². The summed E-state index contributed by atoms with van der Waals surface area (Å²) in [5.41, 5.74) is 0. The summed E-state index contributed by atoms with van der Waals surface area (Å²) in [4.78, 5) is 1.34. The lowest BCUT2D eigenvalue weighted by molar-refractivity contribution is -0.891. The van der Waals surface area contributed by atoms with Crippen molar-refractivity contribution >= 4 is 0 Å². The first-order valence-corrected chi connectivity index (χ1v) is 18.2. The Hall–Kier alpha value is 0.420. The van der Waals surface area contributed by atoms with Gasteiger partial charge in [-0.3, -0.25) is 0 Å². The number of hydrogen-bond donors (Lipinski definition) is 3. The third-order valence-electron chi connectivity index (χ3n) is 8.49. The van der Waals surface area contributed by atoms with E-state index in [-0.39, 0.29) is 37.0 Å². The van der Waals surface area contributed by atoms with Crippen LogP contribution in [0.15, 0.2) is 0 Å². The first-order chi connectivity index (χ1) is 19.2. The van der Waals surface area contributed by atoms with Gasteiger partial charge in [0.05, 0.1) is 34.7 Å². The molecule has 0 aliphatic rings. The maximum atomic E-state index is 10.0. The fraction of sp³-hybridized carbons (Fsp3) is 1.00. The smallest absolute Gasteiger partial charge is 0.105 e. The molecular formula is C36H80Cl2N2O2. The van der Waals surface area contributed by atoms with Crippen molar-refractivity contribution in [2.75, 3.05) is 47.8 Å². The molecule has 0 heterocycles. The van der Waals surface area contributed by atoms with Crippen molar-refractivity contribution < 1.29 is 44.4 Å². The molecule has 0 spiro atoms. The Morgan fingerprint density at radius 3 is 1.05 bits per heavy atom.